The maximum absolute atomic E-state index is 11.9. The van der Waals surface area contributed by atoms with Gasteiger partial charge in [-0.3, -0.25) is 0 Å². The molecule has 7 heteroatoms. The first kappa shape index (κ1) is 18.6. The molecule has 0 radical (unpaired) electrons. The molecule has 1 aromatic rings. The van der Waals surface area contributed by atoms with Crippen molar-refractivity contribution >= 4 is 27.5 Å². The van der Waals surface area contributed by atoms with E-state index in [4.69, 9.17) is 25.8 Å². The van der Waals surface area contributed by atoms with Gasteiger partial charge in [0.1, 0.15) is 19.0 Å². The van der Waals surface area contributed by atoms with Crippen molar-refractivity contribution in [3.63, 3.8) is 0 Å². The number of hydrogen-bond acceptors (Lipinski definition) is 3. The van der Waals surface area contributed by atoms with Crippen LogP contribution in [0.5, 0.6) is 5.75 Å². The van der Waals surface area contributed by atoms with Crippen LogP contribution in [0, 0.1) is 0 Å². The predicted molar refractivity (Wildman–Crippen MR) is 81.5 cm³/mol. The molecule has 1 atom stereocenters. The van der Waals surface area contributed by atoms with Crippen molar-refractivity contribution in [1.82, 2.24) is 0 Å². The lowest BCUT2D eigenvalue weighted by molar-refractivity contribution is 0.0165. The van der Waals surface area contributed by atoms with E-state index >= 15 is 0 Å². The molecule has 1 rings (SSSR count). The van der Waals surface area contributed by atoms with Crippen LogP contribution in [-0.4, -0.2) is 40.0 Å². The smallest absolute Gasteiger partial charge is 0.261 e. The normalized spacial score (nSPS) is 12.7. The minimum Gasteiger partial charge on any atom is -0.490 e. The lowest BCUT2D eigenvalue weighted by atomic mass is 10.1. The number of alkyl halides is 3. The molecule has 0 fully saturated rings. The standard InChI is InChI=1S/C14H18BrClF2O3/c1-19-6-7-21-13-3-2-10(8-11(13)15)12(16)4-5-20-9-14(17)18/h2-3,8,12,14H,4-7,9H2,1H3. The number of hydrogen-bond donors (Lipinski definition) is 0. The third kappa shape index (κ3) is 7.40. The Morgan fingerprint density at radius 1 is 1.24 bits per heavy atom. The van der Waals surface area contributed by atoms with Crippen molar-refractivity contribution in [2.75, 3.05) is 33.5 Å². The molecular formula is C14H18BrClF2O3. The van der Waals surface area contributed by atoms with Crippen LogP contribution in [0.4, 0.5) is 8.78 Å². The van der Waals surface area contributed by atoms with Crippen LogP contribution in [0.15, 0.2) is 22.7 Å². The summed E-state index contributed by atoms with van der Waals surface area (Å²) in [4.78, 5) is 0. The van der Waals surface area contributed by atoms with E-state index in [0.717, 1.165) is 10.0 Å². The molecule has 0 amide bonds. The van der Waals surface area contributed by atoms with E-state index < -0.39 is 13.0 Å². The maximum Gasteiger partial charge on any atom is 0.261 e. The summed E-state index contributed by atoms with van der Waals surface area (Å²) in [7, 11) is 1.61. The summed E-state index contributed by atoms with van der Waals surface area (Å²) in [5.74, 6) is 0.702. The molecule has 0 spiro atoms. The molecule has 0 saturated heterocycles. The Morgan fingerprint density at radius 2 is 2.00 bits per heavy atom. The first-order valence-corrected chi connectivity index (χ1v) is 7.68. The van der Waals surface area contributed by atoms with E-state index in [1.165, 1.54) is 0 Å². The highest BCUT2D eigenvalue weighted by molar-refractivity contribution is 9.10. The average molecular weight is 388 g/mol. The molecule has 0 aliphatic rings. The Bertz CT molecular complexity index is 421. The summed E-state index contributed by atoms with van der Waals surface area (Å²) in [5.41, 5.74) is 0.878. The highest BCUT2D eigenvalue weighted by Crippen LogP contribution is 2.32. The Morgan fingerprint density at radius 3 is 2.62 bits per heavy atom. The van der Waals surface area contributed by atoms with E-state index in [-0.39, 0.29) is 12.0 Å². The fraction of sp³-hybridized carbons (Fsp3) is 0.571. The minimum atomic E-state index is -2.45. The second kappa shape index (κ2) is 10.3. The molecule has 1 aromatic carbocycles. The van der Waals surface area contributed by atoms with Crippen molar-refractivity contribution < 1.29 is 23.0 Å². The zero-order valence-corrected chi connectivity index (χ0v) is 14.0. The predicted octanol–water partition coefficient (Wildman–Crippen LogP) is 4.43. The van der Waals surface area contributed by atoms with Crippen LogP contribution in [-0.2, 0) is 9.47 Å². The van der Waals surface area contributed by atoms with Gasteiger partial charge in [-0.05, 0) is 40.0 Å². The number of rotatable bonds is 10. The zero-order valence-electron chi connectivity index (χ0n) is 11.7. The summed E-state index contributed by atoms with van der Waals surface area (Å²) in [5, 5.41) is -0.299. The van der Waals surface area contributed by atoms with Crippen molar-refractivity contribution in [1.29, 1.82) is 0 Å². The highest BCUT2D eigenvalue weighted by Gasteiger charge is 2.11. The van der Waals surface area contributed by atoms with Crippen molar-refractivity contribution in [3.8, 4) is 5.75 Å². The zero-order chi connectivity index (χ0) is 15.7. The molecule has 0 heterocycles. The van der Waals surface area contributed by atoms with E-state index in [2.05, 4.69) is 15.9 Å². The van der Waals surface area contributed by atoms with Crippen LogP contribution in [0.2, 0.25) is 0 Å². The monoisotopic (exact) mass is 386 g/mol. The fourth-order valence-corrected chi connectivity index (χ4v) is 2.33. The van der Waals surface area contributed by atoms with Crippen LogP contribution < -0.4 is 4.74 Å². The Hall–Kier alpha value is -0.430. The molecule has 0 aliphatic heterocycles. The summed E-state index contributed by atoms with van der Waals surface area (Å²) >= 11 is 9.64. The average Bonchev–Trinajstić information content (AvgIpc) is 2.45. The van der Waals surface area contributed by atoms with Crippen molar-refractivity contribution in [2.45, 2.75) is 18.2 Å². The highest BCUT2D eigenvalue weighted by atomic mass is 79.9. The van der Waals surface area contributed by atoms with Gasteiger partial charge in [-0.2, -0.15) is 0 Å². The first-order chi connectivity index (χ1) is 10.0. The van der Waals surface area contributed by atoms with Gasteiger partial charge in [0, 0.05) is 13.7 Å². The Kier molecular flexibility index (Phi) is 9.15. The third-order valence-electron chi connectivity index (χ3n) is 2.62. The summed E-state index contributed by atoms with van der Waals surface area (Å²) < 4.78 is 39.9. The SMILES string of the molecule is COCCOc1ccc(C(Cl)CCOCC(F)F)cc1Br. The van der Waals surface area contributed by atoms with Gasteiger partial charge < -0.3 is 14.2 Å². The number of halogens is 4. The lowest BCUT2D eigenvalue weighted by Crippen LogP contribution is -2.07. The van der Waals surface area contributed by atoms with Gasteiger partial charge in [0.05, 0.1) is 16.5 Å². The van der Waals surface area contributed by atoms with Gasteiger partial charge >= 0.3 is 0 Å². The molecule has 21 heavy (non-hydrogen) atoms. The number of methoxy groups -OCH3 is 1. The summed E-state index contributed by atoms with van der Waals surface area (Å²) in [6.07, 6.45) is -1.98. The van der Waals surface area contributed by atoms with Gasteiger partial charge in [0.15, 0.2) is 0 Å². The first-order valence-electron chi connectivity index (χ1n) is 6.45. The van der Waals surface area contributed by atoms with E-state index in [1.54, 1.807) is 7.11 Å². The second-order valence-electron chi connectivity index (χ2n) is 4.25. The van der Waals surface area contributed by atoms with Crippen molar-refractivity contribution in [3.05, 3.63) is 28.2 Å². The molecule has 0 aromatic heterocycles. The van der Waals surface area contributed by atoms with Crippen molar-refractivity contribution in [2.24, 2.45) is 0 Å². The third-order valence-corrected chi connectivity index (χ3v) is 3.71. The van der Waals surface area contributed by atoms with Crippen LogP contribution >= 0.6 is 27.5 Å². The molecule has 1 unspecified atom stereocenters. The van der Waals surface area contributed by atoms with Crippen LogP contribution in [0.3, 0.4) is 0 Å². The molecule has 0 saturated carbocycles. The molecular weight excluding hydrogens is 370 g/mol. The minimum absolute atomic E-state index is 0.197. The number of ether oxygens (including phenoxy) is 3. The summed E-state index contributed by atoms with van der Waals surface area (Å²) in [6.45, 7) is 0.607. The molecule has 0 bridgehead atoms. The van der Waals surface area contributed by atoms with E-state index in [1.807, 2.05) is 18.2 Å². The topological polar surface area (TPSA) is 27.7 Å². The summed E-state index contributed by atoms with van der Waals surface area (Å²) in [6, 6.07) is 5.51. The van der Waals surface area contributed by atoms with E-state index in [0.29, 0.717) is 25.4 Å². The maximum atomic E-state index is 11.9. The molecule has 0 N–H and O–H groups in total. The second-order valence-corrected chi connectivity index (χ2v) is 5.63. The largest absolute Gasteiger partial charge is 0.490 e. The van der Waals surface area contributed by atoms with Gasteiger partial charge in [0.2, 0.25) is 0 Å². The van der Waals surface area contributed by atoms with Gasteiger partial charge in [0.25, 0.3) is 6.43 Å². The van der Waals surface area contributed by atoms with Gasteiger partial charge in [-0.15, -0.1) is 11.6 Å². The van der Waals surface area contributed by atoms with Gasteiger partial charge in [-0.25, -0.2) is 8.78 Å². The lowest BCUT2D eigenvalue weighted by Gasteiger charge is -2.13. The molecule has 3 nitrogen and oxygen atoms in total. The molecule has 0 aliphatic carbocycles. The Balaban J connectivity index is 2.45. The quantitative estimate of drug-likeness (QED) is 0.439. The van der Waals surface area contributed by atoms with Gasteiger partial charge in [-0.1, -0.05) is 6.07 Å². The fourth-order valence-electron chi connectivity index (χ4n) is 1.59. The Labute approximate surface area is 136 Å². The van der Waals surface area contributed by atoms with Crippen LogP contribution in [0.1, 0.15) is 17.4 Å². The van der Waals surface area contributed by atoms with Crippen LogP contribution in [0.25, 0.3) is 0 Å². The molecule has 120 valence electrons. The number of benzene rings is 1. The van der Waals surface area contributed by atoms with E-state index in [9.17, 15) is 8.78 Å².